The van der Waals surface area contributed by atoms with Crippen molar-refractivity contribution in [1.29, 1.82) is 0 Å². The van der Waals surface area contributed by atoms with E-state index in [2.05, 4.69) is 20.8 Å². The first-order valence-corrected chi connectivity index (χ1v) is 6.69. The third-order valence-corrected chi connectivity index (χ3v) is 5.35. The van der Waals surface area contributed by atoms with Crippen LogP contribution in [0, 0.1) is 23.2 Å². The number of rotatable bonds is 3. The van der Waals surface area contributed by atoms with Gasteiger partial charge in [0, 0.05) is 0 Å². The lowest BCUT2D eigenvalue weighted by Gasteiger charge is -2.56. The lowest BCUT2D eigenvalue weighted by Crippen LogP contribution is -2.46. The number of hydrogen-bond donors (Lipinski definition) is 0. The van der Waals surface area contributed by atoms with Crippen LogP contribution in [-0.4, -0.2) is 0 Å². The average Bonchev–Trinajstić information content (AvgIpc) is 2.16. The van der Waals surface area contributed by atoms with Crippen LogP contribution in [0.3, 0.4) is 0 Å². The lowest BCUT2D eigenvalue weighted by atomic mass is 9.49. The third-order valence-electron chi connectivity index (χ3n) is 5.35. The summed E-state index contributed by atoms with van der Waals surface area (Å²) >= 11 is 0. The molecule has 3 aliphatic rings. The fraction of sp³-hybridized carbons (Fsp3) is 1.00. The van der Waals surface area contributed by atoms with Gasteiger partial charge in [0.25, 0.3) is 0 Å². The minimum atomic E-state index is 0.755. The Labute approximate surface area is 89.5 Å². The van der Waals surface area contributed by atoms with Crippen LogP contribution >= 0.6 is 0 Å². The second-order valence-electron chi connectivity index (χ2n) is 6.01. The minimum absolute atomic E-state index is 0.755. The molecule has 3 saturated carbocycles. The Bertz CT molecular complexity index is 182. The molecule has 0 heteroatoms. The Morgan fingerprint density at radius 2 is 1.79 bits per heavy atom. The van der Waals surface area contributed by atoms with Crippen LogP contribution in [0.1, 0.15) is 65.7 Å². The van der Waals surface area contributed by atoms with Crippen molar-refractivity contribution in [3.05, 3.63) is 0 Å². The molecule has 0 heterocycles. The van der Waals surface area contributed by atoms with Gasteiger partial charge in [-0.3, -0.25) is 0 Å². The van der Waals surface area contributed by atoms with E-state index in [-0.39, 0.29) is 0 Å². The van der Waals surface area contributed by atoms with E-state index >= 15 is 0 Å². The van der Waals surface area contributed by atoms with Gasteiger partial charge in [-0.15, -0.1) is 0 Å². The van der Waals surface area contributed by atoms with Crippen LogP contribution in [0.5, 0.6) is 0 Å². The van der Waals surface area contributed by atoms with Gasteiger partial charge in [0.05, 0.1) is 0 Å². The molecule has 0 aromatic carbocycles. The minimum Gasteiger partial charge on any atom is -0.0654 e. The maximum absolute atomic E-state index is 2.53. The van der Waals surface area contributed by atoms with Crippen molar-refractivity contribution in [2.45, 2.75) is 65.7 Å². The summed E-state index contributed by atoms with van der Waals surface area (Å²) in [4.78, 5) is 0. The molecule has 3 fully saturated rings. The van der Waals surface area contributed by atoms with Crippen molar-refractivity contribution in [1.82, 2.24) is 0 Å². The average molecular weight is 194 g/mol. The zero-order valence-electron chi connectivity index (χ0n) is 10.2. The van der Waals surface area contributed by atoms with E-state index in [1.165, 1.54) is 32.1 Å². The zero-order chi connectivity index (χ0) is 10.2. The quantitative estimate of drug-likeness (QED) is 0.614. The summed E-state index contributed by atoms with van der Waals surface area (Å²) in [5.74, 6) is 3.11. The standard InChI is InChI=1S/C14H26/c1-4-5-7-14-8-6-13(9-11(14)2)10-12(14)3/h11-13H,4-10H2,1-3H3. The second-order valence-corrected chi connectivity index (χ2v) is 6.01. The van der Waals surface area contributed by atoms with Gasteiger partial charge in [0.15, 0.2) is 0 Å². The number of fused-ring (bicyclic) bond motifs is 3. The molecule has 0 N–H and O–H groups in total. The Balaban J connectivity index is 2.10. The van der Waals surface area contributed by atoms with E-state index in [9.17, 15) is 0 Å². The van der Waals surface area contributed by atoms with Gasteiger partial charge >= 0.3 is 0 Å². The topological polar surface area (TPSA) is 0 Å². The van der Waals surface area contributed by atoms with Crippen molar-refractivity contribution >= 4 is 0 Å². The van der Waals surface area contributed by atoms with E-state index in [0.29, 0.717) is 0 Å². The summed E-state index contributed by atoms with van der Waals surface area (Å²) in [5.41, 5.74) is 0.755. The normalized spacial score (nSPS) is 46.9. The fourth-order valence-corrected chi connectivity index (χ4v) is 4.38. The maximum atomic E-state index is 2.53. The summed E-state index contributed by atoms with van der Waals surface area (Å²) in [5, 5.41) is 0. The Hall–Kier alpha value is 0. The van der Waals surface area contributed by atoms with E-state index in [4.69, 9.17) is 0 Å². The van der Waals surface area contributed by atoms with E-state index in [1.807, 2.05) is 0 Å². The summed E-state index contributed by atoms with van der Waals surface area (Å²) in [6.07, 6.45) is 10.5. The molecule has 14 heavy (non-hydrogen) atoms. The SMILES string of the molecule is CCCCC12CCC(CC1C)CC2C. The van der Waals surface area contributed by atoms with E-state index in [0.717, 1.165) is 23.2 Å². The molecule has 0 nitrogen and oxygen atoms in total. The van der Waals surface area contributed by atoms with Crippen LogP contribution in [0.15, 0.2) is 0 Å². The molecule has 0 aromatic rings. The highest BCUT2D eigenvalue weighted by molar-refractivity contribution is 4.99. The van der Waals surface area contributed by atoms with Crippen molar-refractivity contribution in [2.24, 2.45) is 23.2 Å². The molecule has 2 unspecified atom stereocenters. The Morgan fingerprint density at radius 1 is 1.14 bits per heavy atom. The maximum Gasteiger partial charge on any atom is -0.0246 e. The molecule has 0 saturated heterocycles. The largest absolute Gasteiger partial charge is 0.0654 e. The van der Waals surface area contributed by atoms with Gasteiger partial charge in [0.2, 0.25) is 0 Å². The highest BCUT2D eigenvalue weighted by Crippen LogP contribution is 2.59. The molecule has 82 valence electrons. The number of unbranched alkanes of at least 4 members (excludes halogenated alkanes) is 1. The van der Waals surface area contributed by atoms with Gasteiger partial charge < -0.3 is 0 Å². The van der Waals surface area contributed by atoms with Crippen molar-refractivity contribution in [2.75, 3.05) is 0 Å². The summed E-state index contributed by atoms with van der Waals surface area (Å²) < 4.78 is 0. The zero-order valence-corrected chi connectivity index (χ0v) is 10.2. The first-order valence-electron chi connectivity index (χ1n) is 6.69. The highest BCUT2D eigenvalue weighted by atomic mass is 14.5. The molecule has 0 aliphatic heterocycles. The Kier molecular flexibility index (Phi) is 2.91. The van der Waals surface area contributed by atoms with Crippen LogP contribution in [0.2, 0.25) is 0 Å². The molecule has 2 atom stereocenters. The van der Waals surface area contributed by atoms with E-state index in [1.54, 1.807) is 12.8 Å². The van der Waals surface area contributed by atoms with Gasteiger partial charge in [0.1, 0.15) is 0 Å². The van der Waals surface area contributed by atoms with Crippen LogP contribution in [0.25, 0.3) is 0 Å². The molecule has 0 amide bonds. The Morgan fingerprint density at radius 3 is 2.29 bits per heavy atom. The molecule has 3 aliphatic carbocycles. The summed E-state index contributed by atoms with van der Waals surface area (Å²) in [7, 11) is 0. The lowest BCUT2D eigenvalue weighted by molar-refractivity contribution is -0.0558. The van der Waals surface area contributed by atoms with Gasteiger partial charge in [-0.1, -0.05) is 33.6 Å². The first kappa shape index (κ1) is 10.5. The molecule has 0 spiro atoms. The first-order chi connectivity index (χ1) is 6.69. The molecule has 0 aromatic heterocycles. The van der Waals surface area contributed by atoms with Crippen LogP contribution < -0.4 is 0 Å². The van der Waals surface area contributed by atoms with Gasteiger partial charge in [-0.05, 0) is 55.3 Å². The molecule has 2 bridgehead atoms. The summed E-state index contributed by atoms with van der Waals surface area (Å²) in [6.45, 7) is 7.38. The smallest absolute Gasteiger partial charge is 0.0246 e. The predicted molar refractivity (Wildman–Crippen MR) is 62.2 cm³/mol. The number of hydrogen-bond acceptors (Lipinski definition) is 0. The third kappa shape index (κ3) is 1.51. The van der Waals surface area contributed by atoms with Crippen molar-refractivity contribution < 1.29 is 0 Å². The van der Waals surface area contributed by atoms with E-state index < -0.39 is 0 Å². The van der Waals surface area contributed by atoms with Crippen LogP contribution in [-0.2, 0) is 0 Å². The summed E-state index contributed by atoms with van der Waals surface area (Å²) in [6, 6.07) is 0. The van der Waals surface area contributed by atoms with Gasteiger partial charge in [-0.2, -0.15) is 0 Å². The second kappa shape index (κ2) is 3.87. The highest BCUT2D eigenvalue weighted by Gasteiger charge is 2.49. The molecule has 3 rings (SSSR count). The fourth-order valence-electron chi connectivity index (χ4n) is 4.38. The predicted octanol–water partition coefficient (Wildman–Crippen LogP) is 4.64. The van der Waals surface area contributed by atoms with Crippen LogP contribution in [0.4, 0.5) is 0 Å². The molecular weight excluding hydrogens is 168 g/mol. The van der Waals surface area contributed by atoms with Crippen molar-refractivity contribution in [3.63, 3.8) is 0 Å². The van der Waals surface area contributed by atoms with Crippen molar-refractivity contribution in [3.8, 4) is 0 Å². The molecule has 0 radical (unpaired) electrons. The van der Waals surface area contributed by atoms with Gasteiger partial charge in [-0.25, -0.2) is 0 Å². The monoisotopic (exact) mass is 194 g/mol. The molecular formula is C14H26.